The normalized spacial score (nSPS) is 10.3. The Bertz CT molecular complexity index is 594. The molecule has 4 heteroatoms. The molecule has 0 unspecified atom stereocenters. The monoisotopic (exact) mass is 275 g/mol. The second-order valence-electron chi connectivity index (χ2n) is 4.07. The van der Waals surface area contributed by atoms with Crippen LogP contribution in [-0.4, -0.2) is 17.9 Å². The van der Waals surface area contributed by atoms with Gasteiger partial charge in [0.15, 0.2) is 5.78 Å². The summed E-state index contributed by atoms with van der Waals surface area (Å²) in [6.45, 7) is 2.07. The van der Waals surface area contributed by atoms with Crippen molar-refractivity contribution in [2.24, 2.45) is 0 Å². The zero-order valence-corrected chi connectivity index (χ0v) is 11.6. The molecule has 0 N–H and O–H groups in total. The molecule has 0 aliphatic carbocycles. The van der Waals surface area contributed by atoms with Crippen molar-refractivity contribution in [1.29, 1.82) is 0 Å². The van der Waals surface area contributed by atoms with Gasteiger partial charge >= 0.3 is 0 Å². The highest BCUT2D eigenvalue weighted by Crippen LogP contribution is 2.22. The van der Waals surface area contributed by atoms with Gasteiger partial charge in [-0.3, -0.25) is 4.79 Å². The number of pyridine rings is 1. The minimum Gasteiger partial charge on any atom is -0.480 e. The van der Waals surface area contributed by atoms with E-state index in [0.29, 0.717) is 16.3 Å². The number of hydrogen-bond donors (Lipinski definition) is 0. The highest BCUT2D eigenvalue weighted by Gasteiger charge is 2.15. The van der Waals surface area contributed by atoms with E-state index in [1.807, 2.05) is 24.3 Å². The van der Waals surface area contributed by atoms with Crippen molar-refractivity contribution in [2.45, 2.75) is 13.3 Å². The third-order valence-corrected chi connectivity index (χ3v) is 3.10. The zero-order valence-electron chi connectivity index (χ0n) is 10.8. The van der Waals surface area contributed by atoms with Crippen LogP contribution in [0.3, 0.4) is 0 Å². The van der Waals surface area contributed by atoms with Crippen molar-refractivity contribution in [2.75, 3.05) is 7.11 Å². The Balaban J connectivity index is 2.37. The molecule has 1 aromatic carbocycles. The molecular weight excluding hydrogens is 262 g/mol. The van der Waals surface area contributed by atoms with E-state index in [0.717, 1.165) is 6.42 Å². The van der Waals surface area contributed by atoms with E-state index >= 15 is 0 Å². The van der Waals surface area contributed by atoms with Crippen molar-refractivity contribution in [3.05, 3.63) is 58.2 Å². The van der Waals surface area contributed by atoms with E-state index < -0.39 is 0 Å². The van der Waals surface area contributed by atoms with E-state index in [9.17, 15) is 4.79 Å². The summed E-state index contributed by atoms with van der Waals surface area (Å²) in [6, 6.07) is 10.7. The van der Waals surface area contributed by atoms with Gasteiger partial charge in [0.2, 0.25) is 5.88 Å². The van der Waals surface area contributed by atoms with E-state index in [2.05, 4.69) is 11.9 Å². The Morgan fingerprint density at radius 2 is 1.89 bits per heavy atom. The second-order valence-corrected chi connectivity index (χ2v) is 4.46. The fraction of sp³-hybridized carbons (Fsp3) is 0.200. The van der Waals surface area contributed by atoms with Crippen LogP contribution < -0.4 is 4.74 Å². The highest BCUT2D eigenvalue weighted by atomic mass is 35.5. The Morgan fingerprint density at radius 1 is 1.21 bits per heavy atom. The molecule has 0 spiro atoms. The van der Waals surface area contributed by atoms with Gasteiger partial charge in [-0.2, -0.15) is 0 Å². The first kappa shape index (κ1) is 13.6. The lowest BCUT2D eigenvalue weighted by molar-refractivity contribution is 0.103. The van der Waals surface area contributed by atoms with Gasteiger partial charge in [0.1, 0.15) is 5.15 Å². The Hall–Kier alpha value is -1.87. The molecule has 0 saturated carbocycles. The van der Waals surface area contributed by atoms with Crippen molar-refractivity contribution in [3.63, 3.8) is 0 Å². The number of aryl methyl sites for hydroxylation is 1. The first-order chi connectivity index (χ1) is 9.15. The van der Waals surface area contributed by atoms with Crippen LogP contribution in [0.25, 0.3) is 0 Å². The molecule has 2 rings (SSSR count). The summed E-state index contributed by atoms with van der Waals surface area (Å²) >= 11 is 5.78. The van der Waals surface area contributed by atoms with Crippen LogP contribution in [-0.2, 0) is 6.42 Å². The largest absolute Gasteiger partial charge is 0.480 e. The summed E-state index contributed by atoms with van der Waals surface area (Å²) in [4.78, 5) is 16.4. The fourth-order valence-corrected chi connectivity index (χ4v) is 1.93. The van der Waals surface area contributed by atoms with Crippen LogP contribution >= 0.6 is 11.6 Å². The standard InChI is InChI=1S/C15H14ClNO2/c1-3-10-4-6-11(7-5-10)14(18)12-8-9-13(16)17-15(12)19-2/h4-9H,3H2,1-2H3. The second kappa shape index (κ2) is 5.85. The molecule has 3 nitrogen and oxygen atoms in total. The van der Waals surface area contributed by atoms with Crippen LogP contribution in [0.4, 0.5) is 0 Å². The van der Waals surface area contributed by atoms with Gasteiger partial charge in [-0.15, -0.1) is 0 Å². The molecule has 0 radical (unpaired) electrons. The Morgan fingerprint density at radius 3 is 2.47 bits per heavy atom. The number of aromatic nitrogens is 1. The van der Waals surface area contributed by atoms with Gasteiger partial charge in [-0.25, -0.2) is 4.98 Å². The Kier molecular flexibility index (Phi) is 4.17. The predicted molar refractivity (Wildman–Crippen MR) is 75.1 cm³/mol. The zero-order chi connectivity index (χ0) is 13.8. The number of hydrogen-bond acceptors (Lipinski definition) is 3. The molecule has 0 amide bonds. The highest BCUT2D eigenvalue weighted by molar-refractivity contribution is 6.29. The third kappa shape index (κ3) is 2.93. The van der Waals surface area contributed by atoms with Crippen molar-refractivity contribution < 1.29 is 9.53 Å². The summed E-state index contributed by atoms with van der Waals surface area (Å²) in [5, 5.41) is 0.301. The number of ketones is 1. The predicted octanol–water partition coefficient (Wildman–Crippen LogP) is 3.54. The lowest BCUT2D eigenvalue weighted by atomic mass is 10.0. The van der Waals surface area contributed by atoms with Gasteiger partial charge in [0, 0.05) is 5.56 Å². The summed E-state index contributed by atoms with van der Waals surface area (Å²) < 4.78 is 5.10. The molecule has 19 heavy (non-hydrogen) atoms. The van der Waals surface area contributed by atoms with Crippen molar-refractivity contribution in [3.8, 4) is 5.88 Å². The van der Waals surface area contributed by atoms with Gasteiger partial charge in [0.05, 0.1) is 12.7 Å². The van der Waals surface area contributed by atoms with Crippen LogP contribution in [0.2, 0.25) is 5.15 Å². The summed E-state index contributed by atoms with van der Waals surface area (Å²) in [6.07, 6.45) is 0.945. The average molecular weight is 276 g/mol. The molecule has 98 valence electrons. The van der Waals surface area contributed by atoms with E-state index in [1.54, 1.807) is 12.1 Å². The number of carbonyl (C=O) groups excluding carboxylic acids is 1. The number of rotatable bonds is 4. The van der Waals surface area contributed by atoms with E-state index in [1.165, 1.54) is 12.7 Å². The molecule has 0 atom stereocenters. The molecule has 0 aliphatic heterocycles. The molecule has 1 aromatic heterocycles. The number of methoxy groups -OCH3 is 1. The topological polar surface area (TPSA) is 39.2 Å². The smallest absolute Gasteiger partial charge is 0.225 e. The minimum absolute atomic E-state index is 0.122. The SMILES string of the molecule is CCc1ccc(C(=O)c2ccc(Cl)nc2OC)cc1. The third-order valence-electron chi connectivity index (χ3n) is 2.89. The quantitative estimate of drug-likeness (QED) is 0.633. The summed E-state index contributed by atoms with van der Waals surface area (Å²) in [7, 11) is 1.47. The van der Waals surface area contributed by atoms with Crippen LogP contribution in [0.5, 0.6) is 5.88 Å². The average Bonchev–Trinajstić information content (AvgIpc) is 2.46. The van der Waals surface area contributed by atoms with Gasteiger partial charge in [-0.1, -0.05) is 42.8 Å². The maximum absolute atomic E-state index is 12.4. The lowest BCUT2D eigenvalue weighted by Crippen LogP contribution is -2.05. The lowest BCUT2D eigenvalue weighted by Gasteiger charge is -2.07. The van der Waals surface area contributed by atoms with Crippen molar-refractivity contribution in [1.82, 2.24) is 4.98 Å². The van der Waals surface area contributed by atoms with Crippen LogP contribution in [0.15, 0.2) is 36.4 Å². The van der Waals surface area contributed by atoms with Crippen molar-refractivity contribution >= 4 is 17.4 Å². The number of nitrogens with zero attached hydrogens (tertiary/aromatic N) is 1. The number of halogens is 1. The molecule has 0 fully saturated rings. The van der Waals surface area contributed by atoms with E-state index in [4.69, 9.17) is 16.3 Å². The fourth-order valence-electron chi connectivity index (χ4n) is 1.79. The number of carbonyl (C=O) groups is 1. The summed E-state index contributed by atoms with van der Waals surface area (Å²) in [5.41, 5.74) is 2.22. The molecular formula is C15H14ClNO2. The number of benzene rings is 1. The molecule has 0 aliphatic rings. The maximum Gasteiger partial charge on any atom is 0.225 e. The Labute approximate surface area is 117 Å². The molecule has 0 saturated heterocycles. The molecule has 1 heterocycles. The van der Waals surface area contributed by atoms with Crippen LogP contribution in [0, 0.1) is 0 Å². The first-order valence-electron chi connectivity index (χ1n) is 6.00. The minimum atomic E-state index is -0.122. The van der Waals surface area contributed by atoms with E-state index in [-0.39, 0.29) is 11.7 Å². The summed E-state index contributed by atoms with van der Waals surface area (Å²) in [5.74, 6) is 0.126. The van der Waals surface area contributed by atoms with Crippen LogP contribution in [0.1, 0.15) is 28.4 Å². The van der Waals surface area contributed by atoms with Gasteiger partial charge < -0.3 is 4.74 Å². The van der Waals surface area contributed by atoms with Gasteiger partial charge in [-0.05, 0) is 24.1 Å². The molecule has 0 bridgehead atoms. The maximum atomic E-state index is 12.4. The van der Waals surface area contributed by atoms with Gasteiger partial charge in [0.25, 0.3) is 0 Å². The number of ether oxygens (including phenoxy) is 1. The molecule has 2 aromatic rings. The first-order valence-corrected chi connectivity index (χ1v) is 6.37.